The number of nitrogens with two attached hydrogens (primary N) is 1. The van der Waals surface area contributed by atoms with Crippen molar-refractivity contribution in [1.82, 2.24) is 5.32 Å². The third kappa shape index (κ3) is 3.43. The zero-order chi connectivity index (χ0) is 9.07. The van der Waals surface area contributed by atoms with Crippen molar-refractivity contribution in [2.24, 2.45) is 10.7 Å². The van der Waals surface area contributed by atoms with Gasteiger partial charge in [-0.3, -0.25) is 4.79 Å². The molecule has 0 aromatic rings. The third-order valence-corrected chi connectivity index (χ3v) is 0.721. The van der Waals surface area contributed by atoms with Gasteiger partial charge in [0.25, 0.3) is 0 Å². The molecule has 0 aliphatic rings. The average molecular weight is 169 g/mol. The minimum Gasteiger partial charge on any atom is -0.370 e. The van der Waals surface area contributed by atoms with Crippen LogP contribution in [0.1, 0.15) is 0 Å². The van der Waals surface area contributed by atoms with Gasteiger partial charge in [-0.25, -0.2) is 0 Å². The number of guanidine groups is 1. The van der Waals surface area contributed by atoms with Crippen LogP contribution in [0.3, 0.4) is 0 Å². The highest BCUT2D eigenvalue weighted by Gasteiger charge is 2.38. The lowest BCUT2D eigenvalue weighted by Gasteiger charge is -2.00. The molecule has 0 bridgehead atoms. The summed E-state index contributed by atoms with van der Waals surface area (Å²) in [6, 6.07) is 0. The van der Waals surface area contributed by atoms with E-state index >= 15 is 0 Å². The number of nitrogens with zero attached hydrogens (tertiary/aromatic N) is 1. The Bertz CT molecular complexity index is 186. The van der Waals surface area contributed by atoms with Crippen LogP contribution in [-0.4, -0.2) is 25.1 Å². The molecule has 0 unspecified atom stereocenters. The molecule has 0 fully saturated rings. The van der Waals surface area contributed by atoms with Crippen molar-refractivity contribution in [2.75, 3.05) is 7.05 Å². The van der Waals surface area contributed by atoms with Crippen molar-refractivity contribution < 1.29 is 18.0 Å². The number of hydrogen-bond donors (Lipinski definition) is 2. The summed E-state index contributed by atoms with van der Waals surface area (Å²) in [5.41, 5.74) is 4.79. The summed E-state index contributed by atoms with van der Waals surface area (Å²) in [5, 5.41) is 2.07. The lowest BCUT2D eigenvalue weighted by Crippen LogP contribution is -2.32. The standard InChI is InChI=1S/C4H6F3N3O/c1-9-3(8)10-2(11)4(5,6)7/h1H3,(H3,8,9,10,11). The van der Waals surface area contributed by atoms with Crippen LogP contribution in [0.4, 0.5) is 13.2 Å². The third-order valence-electron chi connectivity index (χ3n) is 0.721. The van der Waals surface area contributed by atoms with Gasteiger partial charge in [-0.2, -0.15) is 18.2 Å². The zero-order valence-electron chi connectivity index (χ0n) is 5.57. The van der Waals surface area contributed by atoms with E-state index in [2.05, 4.69) is 10.3 Å². The maximum Gasteiger partial charge on any atom is 0.473 e. The van der Waals surface area contributed by atoms with Crippen LogP contribution in [0.25, 0.3) is 0 Å². The smallest absolute Gasteiger partial charge is 0.370 e. The Hall–Kier alpha value is -1.27. The largest absolute Gasteiger partial charge is 0.473 e. The van der Waals surface area contributed by atoms with Crippen molar-refractivity contribution in [3.05, 3.63) is 0 Å². The van der Waals surface area contributed by atoms with Crippen LogP contribution in [-0.2, 0) is 4.79 Å². The minimum absolute atomic E-state index is 0.563. The number of rotatable bonds is 0. The zero-order valence-corrected chi connectivity index (χ0v) is 5.57. The number of nitrogens with one attached hydrogen (secondary N) is 1. The Morgan fingerprint density at radius 1 is 1.55 bits per heavy atom. The quantitative estimate of drug-likeness (QED) is 0.383. The molecule has 4 nitrogen and oxygen atoms in total. The van der Waals surface area contributed by atoms with Gasteiger partial charge in [0.15, 0.2) is 5.96 Å². The molecule has 1 amide bonds. The predicted molar refractivity (Wildman–Crippen MR) is 31.7 cm³/mol. The molecule has 0 aliphatic heterocycles. The average Bonchev–Trinajstić information content (AvgIpc) is 1.85. The molecular weight excluding hydrogens is 163 g/mol. The molecule has 0 atom stereocenters. The fraction of sp³-hybridized carbons (Fsp3) is 0.500. The number of alkyl halides is 3. The highest BCUT2D eigenvalue weighted by atomic mass is 19.4. The molecule has 0 heterocycles. The Balaban J connectivity index is 4.30. The molecule has 7 heteroatoms. The fourth-order valence-electron chi connectivity index (χ4n) is 0.229. The van der Waals surface area contributed by atoms with Gasteiger partial charge in [0.1, 0.15) is 0 Å². The Morgan fingerprint density at radius 3 is 2.27 bits per heavy atom. The summed E-state index contributed by atoms with van der Waals surface area (Å²) in [6.07, 6.45) is -4.96. The van der Waals surface area contributed by atoms with E-state index in [9.17, 15) is 18.0 Å². The first kappa shape index (κ1) is 9.73. The van der Waals surface area contributed by atoms with Gasteiger partial charge in [-0.05, 0) is 0 Å². The number of aliphatic imine (C=N–C) groups is 1. The SMILES string of the molecule is CN/C(N)=N/C(=O)C(F)(F)F. The summed E-state index contributed by atoms with van der Waals surface area (Å²) >= 11 is 0. The van der Waals surface area contributed by atoms with Gasteiger partial charge < -0.3 is 11.1 Å². The number of amides is 1. The first-order valence-electron chi connectivity index (χ1n) is 2.51. The Morgan fingerprint density at radius 2 is 2.00 bits per heavy atom. The second-order valence-corrected chi connectivity index (χ2v) is 1.55. The molecule has 0 saturated heterocycles. The lowest BCUT2D eigenvalue weighted by atomic mass is 10.6. The number of carbonyl (C=O) groups is 1. The van der Waals surface area contributed by atoms with E-state index in [1.165, 1.54) is 7.05 Å². The van der Waals surface area contributed by atoms with Crippen LogP contribution in [0.2, 0.25) is 0 Å². The molecule has 0 rings (SSSR count). The Labute approximate surface area is 60.3 Å². The monoisotopic (exact) mass is 169 g/mol. The second-order valence-electron chi connectivity index (χ2n) is 1.55. The molecule has 0 aromatic carbocycles. The van der Waals surface area contributed by atoms with Crippen molar-refractivity contribution in [1.29, 1.82) is 0 Å². The predicted octanol–water partition coefficient (Wildman–Crippen LogP) is -0.391. The molecule has 0 aliphatic carbocycles. The van der Waals surface area contributed by atoms with E-state index in [0.717, 1.165) is 0 Å². The van der Waals surface area contributed by atoms with Crippen LogP contribution in [0.5, 0.6) is 0 Å². The molecule has 0 spiro atoms. The van der Waals surface area contributed by atoms with Gasteiger partial charge in [-0.15, -0.1) is 0 Å². The topological polar surface area (TPSA) is 67.5 Å². The molecule has 0 radical (unpaired) electrons. The van der Waals surface area contributed by atoms with E-state index in [-0.39, 0.29) is 0 Å². The van der Waals surface area contributed by atoms with Crippen LogP contribution < -0.4 is 11.1 Å². The van der Waals surface area contributed by atoms with E-state index < -0.39 is 18.0 Å². The second kappa shape index (κ2) is 3.22. The molecule has 3 N–H and O–H groups in total. The fourth-order valence-corrected chi connectivity index (χ4v) is 0.229. The highest BCUT2D eigenvalue weighted by Crippen LogP contribution is 2.15. The number of halogens is 3. The molecule has 64 valence electrons. The van der Waals surface area contributed by atoms with E-state index in [1.54, 1.807) is 0 Å². The summed E-state index contributed by atoms with van der Waals surface area (Å²) in [6.45, 7) is 0. The summed E-state index contributed by atoms with van der Waals surface area (Å²) in [5.74, 6) is -2.78. The first-order chi connectivity index (χ1) is 4.88. The lowest BCUT2D eigenvalue weighted by molar-refractivity contribution is -0.169. The van der Waals surface area contributed by atoms with Gasteiger partial charge in [0.2, 0.25) is 0 Å². The van der Waals surface area contributed by atoms with Crippen molar-refractivity contribution in [3.63, 3.8) is 0 Å². The summed E-state index contributed by atoms with van der Waals surface area (Å²) in [4.78, 5) is 12.5. The van der Waals surface area contributed by atoms with Crippen LogP contribution in [0, 0.1) is 0 Å². The van der Waals surface area contributed by atoms with Gasteiger partial charge in [-0.1, -0.05) is 0 Å². The van der Waals surface area contributed by atoms with Gasteiger partial charge in [0.05, 0.1) is 0 Å². The number of hydrogen-bond acceptors (Lipinski definition) is 1. The Kier molecular flexibility index (Phi) is 2.85. The van der Waals surface area contributed by atoms with Gasteiger partial charge >= 0.3 is 12.1 Å². The van der Waals surface area contributed by atoms with Gasteiger partial charge in [0, 0.05) is 7.05 Å². The summed E-state index contributed by atoms with van der Waals surface area (Å²) < 4.78 is 34.2. The van der Waals surface area contributed by atoms with Crippen LogP contribution in [0.15, 0.2) is 4.99 Å². The van der Waals surface area contributed by atoms with Crippen molar-refractivity contribution in [3.8, 4) is 0 Å². The van der Waals surface area contributed by atoms with E-state index in [4.69, 9.17) is 5.73 Å². The van der Waals surface area contributed by atoms with E-state index in [1.807, 2.05) is 0 Å². The molecule has 0 saturated carbocycles. The molecule has 11 heavy (non-hydrogen) atoms. The molecular formula is C4H6F3N3O. The molecule has 0 aromatic heterocycles. The highest BCUT2D eigenvalue weighted by molar-refractivity contribution is 5.94. The summed E-state index contributed by atoms with van der Waals surface area (Å²) in [7, 11) is 1.25. The minimum atomic E-state index is -4.96. The van der Waals surface area contributed by atoms with E-state index in [0.29, 0.717) is 0 Å². The first-order valence-corrected chi connectivity index (χ1v) is 2.51. The van der Waals surface area contributed by atoms with Crippen molar-refractivity contribution in [2.45, 2.75) is 6.18 Å². The maximum absolute atomic E-state index is 11.4. The van der Waals surface area contributed by atoms with Crippen molar-refractivity contribution >= 4 is 11.9 Å². The van der Waals surface area contributed by atoms with Crippen LogP contribution >= 0.6 is 0 Å². The normalized spacial score (nSPS) is 12.9. The number of carbonyl (C=O) groups excluding carboxylic acids is 1. The maximum atomic E-state index is 11.4.